The molecule has 0 aromatic rings. The zero-order valence-corrected chi connectivity index (χ0v) is 42.5. The van der Waals surface area contributed by atoms with Gasteiger partial charge in [0.1, 0.15) is 13.2 Å². The van der Waals surface area contributed by atoms with Crippen LogP contribution in [0.25, 0.3) is 0 Å². The van der Waals surface area contributed by atoms with Crippen LogP contribution in [0.15, 0.2) is 36.5 Å². The molecule has 0 aromatic heterocycles. The molecule has 0 radical (unpaired) electrons. The minimum atomic E-state index is -0.803. The first-order valence-electron chi connectivity index (χ1n) is 27.6. The number of hydrogen-bond acceptors (Lipinski definition) is 7. The van der Waals surface area contributed by atoms with Gasteiger partial charge in [-0.2, -0.15) is 0 Å². The second kappa shape index (κ2) is 52.1. The second-order valence-electron chi connectivity index (χ2n) is 18.6. The molecular formula is C57H102O8. The summed E-state index contributed by atoms with van der Waals surface area (Å²) in [7, 11) is 0. The third kappa shape index (κ3) is 51.9. The van der Waals surface area contributed by atoms with Crippen LogP contribution in [0.2, 0.25) is 0 Å². The molecule has 0 unspecified atom stereocenters. The molecule has 0 saturated carbocycles. The standard InChI is InChI=1S/C57H102O8/c1-3-5-7-9-11-13-15-17-19-24-28-32-36-40-44-48-55(60)63-51-53(52-64-56(61)49-45-41-37-33-29-25-20-18-16-14-12-10-8-6-4-2)65-57(62)50-46-42-38-34-30-26-22-21-23-27-31-35-39-43-47-54(58)59/h17-22,53H,3-16,23-52H2,1-2H3,(H,58,59). The van der Waals surface area contributed by atoms with Crippen LogP contribution in [0.5, 0.6) is 0 Å². The van der Waals surface area contributed by atoms with E-state index >= 15 is 0 Å². The van der Waals surface area contributed by atoms with Gasteiger partial charge in [0.2, 0.25) is 0 Å². The minimum absolute atomic E-state index is 0.101. The number of esters is 3. The Labute approximate surface area is 400 Å². The SMILES string of the molecule is CCCCCCCCC=CCCCCCCCC(=O)OCC(COC(=O)CCCCCCCC=CCCCCCCCC)OC(=O)CCCCCCCC=CCCCCCCCC(=O)O. The largest absolute Gasteiger partial charge is 0.481 e. The van der Waals surface area contributed by atoms with E-state index in [0.717, 1.165) is 141 Å². The van der Waals surface area contributed by atoms with Crippen LogP contribution in [0.3, 0.4) is 0 Å². The van der Waals surface area contributed by atoms with E-state index in [0.29, 0.717) is 19.3 Å². The van der Waals surface area contributed by atoms with Crippen LogP contribution < -0.4 is 0 Å². The van der Waals surface area contributed by atoms with E-state index in [2.05, 4.69) is 50.3 Å². The van der Waals surface area contributed by atoms with Gasteiger partial charge in [0.15, 0.2) is 6.10 Å². The molecule has 0 amide bonds. The van der Waals surface area contributed by atoms with Gasteiger partial charge in [0.25, 0.3) is 0 Å². The van der Waals surface area contributed by atoms with E-state index in [-0.39, 0.29) is 37.5 Å². The second-order valence-corrected chi connectivity index (χ2v) is 18.6. The quantitative estimate of drug-likeness (QED) is 0.0278. The van der Waals surface area contributed by atoms with Crippen molar-refractivity contribution >= 4 is 23.9 Å². The molecule has 0 aliphatic heterocycles. The summed E-state index contributed by atoms with van der Waals surface area (Å²) in [4.78, 5) is 48.6. The molecular weight excluding hydrogens is 813 g/mol. The van der Waals surface area contributed by atoms with E-state index < -0.39 is 12.1 Å². The van der Waals surface area contributed by atoms with Gasteiger partial charge in [-0.1, -0.05) is 192 Å². The predicted octanol–water partition coefficient (Wildman–Crippen LogP) is 17.2. The van der Waals surface area contributed by atoms with Crippen LogP contribution in [-0.2, 0) is 33.4 Å². The normalized spacial score (nSPS) is 12.2. The van der Waals surface area contributed by atoms with Crippen LogP contribution in [-0.4, -0.2) is 48.3 Å². The van der Waals surface area contributed by atoms with Gasteiger partial charge in [0, 0.05) is 25.7 Å². The summed E-state index contributed by atoms with van der Waals surface area (Å²) in [5, 5.41) is 8.71. The number of ether oxygens (including phenoxy) is 3. The molecule has 0 aliphatic carbocycles. The minimum Gasteiger partial charge on any atom is -0.481 e. The lowest BCUT2D eigenvalue weighted by Crippen LogP contribution is -2.30. The van der Waals surface area contributed by atoms with Crippen LogP contribution >= 0.6 is 0 Å². The summed E-state index contributed by atoms with van der Waals surface area (Å²) in [6.45, 7) is 4.31. The Bertz CT molecular complexity index is 1100. The first-order chi connectivity index (χ1) is 31.9. The molecule has 0 aromatic carbocycles. The number of rotatable bonds is 51. The molecule has 0 bridgehead atoms. The van der Waals surface area contributed by atoms with Gasteiger partial charge >= 0.3 is 23.9 Å². The molecule has 1 N–H and O–H groups in total. The van der Waals surface area contributed by atoms with Gasteiger partial charge in [-0.05, 0) is 103 Å². The molecule has 0 spiro atoms. The lowest BCUT2D eigenvalue weighted by Gasteiger charge is -2.18. The summed E-state index contributed by atoms with van der Waals surface area (Å²) in [5.41, 5.74) is 0. The highest BCUT2D eigenvalue weighted by Gasteiger charge is 2.19. The molecule has 0 aliphatic rings. The molecule has 0 saturated heterocycles. The lowest BCUT2D eigenvalue weighted by atomic mass is 10.1. The van der Waals surface area contributed by atoms with Crippen molar-refractivity contribution in [2.45, 2.75) is 290 Å². The number of allylic oxidation sites excluding steroid dienone is 6. The first-order valence-corrected chi connectivity index (χ1v) is 27.6. The molecule has 0 atom stereocenters. The Kier molecular flexibility index (Phi) is 49.8. The van der Waals surface area contributed by atoms with E-state index in [1.165, 1.54) is 103 Å². The Morgan fingerprint density at radius 1 is 0.338 bits per heavy atom. The van der Waals surface area contributed by atoms with Gasteiger partial charge in [-0.25, -0.2) is 0 Å². The maximum Gasteiger partial charge on any atom is 0.306 e. The Hall–Kier alpha value is -2.90. The fourth-order valence-electron chi connectivity index (χ4n) is 7.92. The molecule has 378 valence electrons. The van der Waals surface area contributed by atoms with Crippen LogP contribution in [0.4, 0.5) is 0 Å². The maximum absolute atomic E-state index is 12.8. The highest BCUT2D eigenvalue weighted by Crippen LogP contribution is 2.15. The fraction of sp³-hybridized carbons (Fsp3) is 0.825. The number of carbonyl (C=O) groups is 4. The van der Waals surface area contributed by atoms with Crippen molar-refractivity contribution in [1.82, 2.24) is 0 Å². The Balaban J connectivity index is 4.40. The zero-order chi connectivity index (χ0) is 47.4. The number of hydrogen-bond donors (Lipinski definition) is 1. The smallest absolute Gasteiger partial charge is 0.306 e. The summed E-state index contributed by atoms with van der Waals surface area (Å²) in [6.07, 6.45) is 57.7. The third-order valence-electron chi connectivity index (χ3n) is 12.1. The van der Waals surface area contributed by atoms with Gasteiger partial charge in [-0.3, -0.25) is 19.2 Å². The number of carboxylic acid groups (broad SMARTS) is 1. The van der Waals surface area contributed by atoms with E-state index in [1.807, 2.05) is 0 Å². The number of unbranched alkanes of at least 4 members (excludes halogenated alkanes) is 32. The van der Waals surface area contributed by atoms with Crippen molar-refractivity contribution in [3.63, 3.8) is 0 Å². The van der Waals surface area contributed by atoms with E-state index in [9.17, 15) is 19.2 Å². The first kappa shape index (κ1) is 62.1. The average Bonchev–Trinajstić information content (AvgIpc) is 3.29. The monoisotopic (exact) mass is 915 g/mol. The maximum atomic E-state index is 12.8. The molecule has 0 rings (SSSR count). The van der Waals surface area contributed by atoms with Crippen molar-refractivity contribution in [3.05, 3.63) is 36.5 Å². The molecule has 0 fully saturated rings. The number of carbonyl (C=O) groups excluding carboxylic acids is 3. The van der Waals surface area contributed by atoms with Crippen molar-refractivity contribution in [3.8, 4) is 0 Å². The molecule has 8 heteroatoms. The molecule has 0 heterocycles. The Morgan fingerprint density at radius 2 is 0.585 bits per heavy atom. The van der Waals surface area contributed by atoms with Crippen LogP contribution in [0, 0.1) is 0 Å². The zero-order valence-electron chi connectivity index (χ0n) is 42.5. The Morgan fingerprint density at radius 3 is 0.877 bits per heavy atom. The summed E-state index contributed by atoms with van der Waals surface area (Å²) in [5.74, 6) is -1.66. The molecule has 8 nitrogen and oxygen atoms in total. The van der Waals surface area contributed by atoms with E-state index in [1.54, 1.807) is 0 Å². The van der Waals surface area contributed by atoms with Gasteiger partial charge < -0.3 is 19.3 Å². The van der Waals surface area contributed by atoms with Crippen molar-refractivity contribution < 1.29 is 38.5 Å². The predicted molar refractivity (Wildman–Crippen MR) is 272 cm³/mol. The van der Waals surface area contributed by atoms with E-state index in [4.69, 9.17) is 19.3 Å². The number of aliphatic carboxylic acids is 1. The lowest BCUT2D eigenvalue weighted by molar-refractivity contribution is -0.167. The van der Waals surface area contributed by atoms with Crippen LogP contribution in [0.1, 0.15) is 284 Å². The van der Waals surface area contributed by atoms with Gasteiger partial charge in [0.05, 0.1) is 0 Å². The van der Waals surface area contributed by atoms with Crippen molar-refractivity contribution in [2.24, 2.45) is 0 Å². The summed E-state index contributed by atoms with van der Waals surface area (Å²) >= 11 is 0. The van der Waals surface area contributed by atoms with Crippen molar-refractivity contribution in [1.29, 1.82) is 0 Å². The van der Waals surface area contributed by atoms with Crippen molar-refractivity contribution in [2.75, 3.05) is 13.2 Å². The summed E-state index contributed by atoms with van der Waals surface area (Å²) in [6, 6.07) is 0. The average molecular weight is 915 g/mol. The molecule has 65 heavy (non-hydrogen) atoms. The van der Waals surface area contributed by atoms with Gasteiger partial charge in [-0.15, -0.1) is 0 Å². The fourth-order valence-corrected chi connectivity index (χ4v) is 7.92. The topological polar surface area (TPSA) is 116 Å². The highest BCUT2D eigenvalue weighted by molar-refractivity contribution is 5.71. The number of carboxylic acids is 1. The third-order valence-corrected chi connectivity index (χ3v) is 12.1. The summed E-state index contributed by atoms with van der Waals surface area (Å²) < 4.78 is 16.8. The highest BCUT2D eigenvalue weighted by atomic mass is 16.6.